The maximum Gasteiger partial charge on any atom is 0.306 e. The first kappa shape index (κ1) is 20.7. The van der Waals surface area contributed by atoms with E-state index < -0.39 is 0 Å². The average Bonchev–Trinajstić information content (AvgIpc) is 2.58. The molecule has 134 valence electrons. The predicted octanol–water partition coefficient (Wildman–Crippen LogP) is 4.83. The number of carbonyl (C=O) groups is 2. The number of benzene rings is 1. The van der Waals surface area contributed by atoms with Gasteiger partial charge < -0.3 is 9.47 Å². The van der Waals surface area contributed by atoms with Gasteiger partial charge >= 0.3 is 11.9 Å². The van der Waals surface area contributed by atoms with Crippen LogP contribution in [0.15, 0.2) is 28.7 Å². The summed E-state index contributed by atoms with van der Waals surface area (Å²) in [6, 6.07) is 7.87. The fraction of sp³-hybridized carbons (Fsp3) is 0.579. The van der Waals surface area contributed by atoms with Crippen LogP contribution in [-0.4, -0.2) is 25.2 Å². The molecule has 0 atom stereocenters. The molecule has 0 aliphatic carbocycles. The van der Waals surface area contributed by atoms with Crippen molar-refractivity contribution in [2.24, 2.45) is 0 Å². The summed E-state index contributed by atoms with van der Waals surface area (Å²) in [7, 11) is 0. The molecule has 0 amide bonds. The number of hydrogen-bond acceptors (Lipinski definition) is 4. The van der Waals surface area contributed by atoms with Gasteiger partial charge in [0.05, 0.1) is 26.1 Å². The average molecular weight is 399 g/mol. The molecule has 0 aliphatic heterocycles. The molecule has 0 fully saturated rings. The lowest BCUT2D eigenvalue weighted by Crippen LogP contribution is -2.12. The van der Waals surface area contributed by atoms with Crippen molar-refractivity contribution < 1.29 is 19.1 Å². The molecule has 0 unspecified atom stereocenters. The summed E-state index contributed by atoms with van der Waals surface area (Å²) in [5, 5.41) is 0. The summed E-state index contributed by atoms with van der Waals surface area (Å²) in [4.78, 5) is 23.1. The van der Waals surface area contributed by atoms with Crippen LogP contribution in [0.3, 0.4) is 0 Å². The highest BCUT2D eigenvalue weighted by molar-refractivity contribution is 9.10. The highest BCUT2D eigenvalue weighted by Gasteiger charge is 2.09. The third-order valence-corrected chi connectivity index (χ3v) is 4.14. The maximum absolute atomic E-state index is 11.6. The fourth-order valence-corrected chi connectivity index (χ4v) is 2.44. The van der Waals surface area contributed by atoms with Crippen LogP contribution >= 0.6 is 15.9 Å². The van der Waals surface area contributed by atoms with Gasteiger partial charge in [0.25, 0.3) is 0 Å². The summed E-state index contributed by atoms with van der Waals surface area (Å²) < 4.78 is 11.3. The largest absolute Gasteiger partial charge is 0.466 e. The maximum atomic E-state index is 11.6. The van der Waals surface area contributed by atoms with Crippen molar-refractivity contribution in [3.63, 3.8) is 0 Å². The molecule has 0 radical (unpaired) electrons. The van der Waals surface area contributed by atoms with Gasteiger partial charge in [-0.1, -0.05) is 60.7 Å². The number of unbranched alkanes of at least 4 members (excludes halogenated alkanes) is 4. The quantitative estimate of drug-likeness (QED) is 0.373. The molecule has 0 saturated heterocycles. The lowest BCUT2D eigenvalue weighted by atomic mass is 10.2. The first-order valence-electron chi connectivity index (χ1n) is 8.67. The second-order valence-corrected chi connectivity index (χ2v) is 6.65. The Balaban J connectivity index is 2.02. The second kappa shape index (κ2) is 13.0. The highest BCUT2D eigenvalue weighted by atomic mass is 79.9. The Labute approximate surface area is 153 Å². The van der Waals surface area contributed by atoms with E-state index in [0.29, 0.717) is 19.6 Å². The van der Waals surface area contributed by atoms with Crippen LogP contribution in [-0.2, 0) is 25.5 Å². The van der Waals surface area contributed by atoms with E-state index in [1.54, 1.807) is 0 Å². The van der Waals surface area contributed by atoms with Crippen LogP contribution in [0.25, 0.3) is 0 Å². The molecule has 4 nitrogen and oxygen atoms in total. The normalized spacial score (nSPS) is 10.4. The topological polar surface area (TPSA) is 52.6 Å². The molecule has 1 rings (SSSR count). The minimum absolute atomic E-state index is 0.0784. The Bertz CT molecular complexity index is 485. The number of hydrogen-bond donors (Lipinski definition) is 0. The molecule has 1 aromatic carbocycles. The van der Waals surface area contributed by atoms with Crippen LogP contribution in [0.2, 0.25) is 0 Å². The Morgan fingerprint density at radius 2 is 1.46 bits per heavy atom. The molecule has 0 saturated carbocycles. The van der Waals surface area contributed by atoms with E-state index in [1.165, 1.54) is 19.3 Å². The molecule has 0 bridgehead atoms. The Hall–Kier alpha value is -1.36. The standard InChI is InChI=1S/C19H27BrO4/c1-2-3-4-5-6-14-23-18(21)11-12-19(22)24-15-13-16-7-9-17(20)10-8-16/h7-10H,2-6,11-15H2,1H3. The fourth-order valence-electron chi connectivity index (χ4n) is 2.17. The van der Waals surface area contributed by atoms with Gasteiger partial charge in [-0.25, -0.2) is 0 Å². The number of esters is 2. The third kappa shape index (κ3) is 10.4. The van der Waals surface area contributed by atoms with Crippen molar-refractivity contribution in [3.05, 3.63) is 34.3 Å². The van der Waals surface area contributed by atoms with E-state index in [-0.39, 0.29) is 24.8 Å². The lowest BCUT2D eigenvalue weighted by Gasteiger charge is -2.06. The molecule has 0 aliphatic rings. The summed E-state index contributed by atoms with van der Waals surface area (Å²) in [6.07, 6.45) is 6.41. The van der Waals surface area contributed by atoms with Gasteiger partial charge in [-0.3, -0.25) is 9.59 Å². The van der Waals surface area contributed by atoms with Gasteiger partial charge in [0, 0.05) is 10.9 Å². The first-order chi connectivity index (χ1) is 11.6. The molecule has 24 heavy (non-hydrogen) atoms. The van der Waals surface area contributed by atoms with Crippen LogP contribution < -0.4 is 0 Å². The van der Waals surface area contributed by atoms with Gasteiger partial charge in [-0.05, 0) is 24.1 Å². The molecule has 0 spiro atoms. The number of ether oxygens (including phenoxy) is 2. The summed E-state index contributed by atoms with van der Waals surface area (Å²) >= 11 is 3.38. The molecule has 0 aromatic heterocycles. The lowest BCUT2D eigenvalue weighted by molar-refractivity contribution is -0.150. The van der Waals surface area contributed by atoms with Crippen molar-refractivity contribution in [3.8, 4) is 0 Å². The first-order valence-corrected chi connectivity index (χ1v) is 9.46. The van der Waals surface area contributed by atoms with Crippen LogP contribution in [0.4, 0.5) is 0 Å². The van der Waals surface area contributed by atoms with Crippen LogP contribution in [0, 0.1) is 0 Å². The molecule has 1 aromatic rings. The molecular formula is C19H27BrO4. The number of halogens is 1. The molecule has 5 heteroatoms. The smallest absolute Gasteiger partial charge is 0.306 e. The van der Waals surface area contributed by atoms with Crippen molar-refractivity contribution in [1.29, 1.82) is 0 Å². The summed E-state index contributed by atoms with van der Waals surface area (Å²) in [5.41, 5.74) is 1.11. The molecule has 0 heterocycles. The van der Waals surface area contributed by atoms with E-state index in [9.17, 15) is 9.59 Å². The van der Waals surface area contributed by atoms with Gasteiger partial charge in [-0.2, -0.15) is 0 Å². The van der Waals surface area contributed by atoms with Gasteiger partial charge in [-0.15, -0.1) is 0 Å². The van der Waals surface area contributed by atoms with Crippen molar-refractivity contribution >= 4 is 27.9 Å². The van der Waals surface area contributed by atoms with E-state index in [0.717, 1.165) is 22.9 Å². The summed E-state index contributed by atoms with van der Waals surface area (Å²) in [6.45, 7) is 2.94. The number of rotatable bonds is 12. The second-order valence-electron chi connectivity index (χ2n) is 5.73. The van der Waals surface area contributed by atoms with Crippen LogP contribution in [0.5, 0.6) is 0 Å². The van der Waals surface area contributed by atoms with Crippen LogP contribution in [0.1, 0.15) is 57.4 Å². The van der Waals surface area contributed by atoms with E-state index >= 15 is 0 Å². The molecular weight excluding hydrogens is 372 g/mol. The van der Waals surface area contributed by atoms with Gasteiger partial charge in [0.15, 0.2) is 0 Å². The van der Waals surface area contributed by atoms with E-state index in [2.05, 4.69) is 22.9 Å². The summed E-state index contributed by atoms with van der Waals surface area (Å²) in [5.74, 6) is -0.678. The van der Waals surface area contributed by atoms with Crippen molar-refractivity contribution in [2.75, 3.05) is 13.2 Å². The third-order valence-electron chi connectivity index (χ3n) is 3.61. The van der Waals surface area contributed by atoms with Crippen molar-refractivity contribution in [1.82, 2.24) is 0 Å². The van der Waals surface area contributed by atoms with E-state index in [1.807, 2.05) is 24.3 Å². The highest BCUT2D eigenvalue weighted by Crippen LogP contribution is 2.11. The predicted molar refractivity (Wildman–Crippen MR) is 97.8 cm³/mol. The zero-order valence-electron chi connectivity index (χ0n) is 14.4. The SMILES string of the molecule is CCCCCCCOC(=O)CCC(=O)OCCc1ccc(Br)cc1. The zero-order valence-corrected chi connectivity index (χ0v) is 16.0. The van der Waals surface area contributed by atoms with Gasteiger partial charge in [0.2, 0.25) is 0 Å². The Morgan fingerprint density at radius 1 is 0.875 bits per heavy atom. The van der Waals surface area contributed by atoms with Gasteiger partial charge in [0.1, 0.15) is 0 Å². The number of carbonyl (C=O) groups excluding carboxylic acids is 2. The molecule has 0 N–H and O–H groups in total. The van der Waals surface area contributed by atoms with E-state index in [4.69, 9.17) is 9.47 Å². The van der Waals surface area contributed by atoms with Crippen molar-refractivity contribution in [2.45, 2.75) is 58.3 Å². The Morgan fingerprint density at radius 3 is 2.08 bits per heavy atom. The zero-order chi connectivity index (χ0) is 17.6. The Kier molecular flexibility index (Phi) is 11.2. The minimum atomic E-state index is -0.355. The minimum Gasteiger partial charge on any atom is -0.466 e. The monoisotopic (exact) mass is 398 g/mol.